The maximum atomic E-state index is 5.65. The largest absolute Gasteiger partial charge is 0.491 e. The van der Waals surface area contributed by atoms with E-state index in [1.807, 2.05) is 23.9 Å². The lowest BCUT2D eigenvalue weighted by Crippen LogP contribution is -2.35. The van der Waals surface area contributed by atoms with Crippen molar-refractivity contribution in [3.8, 4) is 5.75 Å². The Kier molecular flexibility index (Phi) is 5.61. The highest BCUT2D eigenvalue weighted by molar-refractivity contribution is 7.99. The molecule has 1 aliphatic rings. The van der Waals surface area contributed by atoms with Gasteiger partial charge in [-0.2, -0.15) is 11.8 Å². The first-order valence-electron chi connectivity index (χ1n) is 7.15. The molecular formula is C16H25NO2S. The molecule has 1 atom stereocenters. The molecule has 112 valence electrons. The molecule has 20 heavy (non-hydrogen) atoms. The highest BCUT2D eigenvalue weighted by Crippen LogP contribution is 2.34. The number of methoxy groups -OCH3 is 1. The second-order valence-electron chi connectivity index (χ2n) is 6.09. The normalized spacial score (nSPS) is 21.4. The molecular weight excluding hydrogens is 270 g/mol. The first-order chi connectivity index (χ1) is 9.59. The van der Waals surface area contributed by atoms with Crippen LogP contribution in [0.5, 0.6) is 5.75 Å². The summed E-state index contributed by atoms with van der Waals surface area (Å²) in [6.45, 7) is 5.90. The molecule has 1 aliphatic heterocycles. The van der Waals surface area contributed by atoms with Crippen molar-refractivity contribution < 1.29 is 9.47 Å². The molecule has 0 aromatic heterocycles. The lowest BCUT2D eigenvalue weighted by molar-refractivity contribution is 0.146. The maximum Gasteiger partial charge on any atom is 0.121 e. The van der Waals surface area contributed by atoms with E-state index in [0.717, 1.165) is 11.4 Å². The van der Waals surface area contributed by atoms with Crippen LogP contribution < -0.4 is 10.1 Å². The number of thioether (sulfide) groups is 1. The second-order valence-corrected chi connectivity index (χ2v) is 7.12. The molecule has 0 bridgehead atoms. The van der Waals surface area contributed by atoms with E-state index in [1.165, 1.54) is 17.9 Å². The Balaban J connectivity index is 1.90. The minimum Gasteiger partial charge on any atom is -0.491 e. The van der Waals surface area contributed by atoms with Gasteiger partial charge in [0.15, 0.2) is 0 Å². The lowest BCUT2D eigenvalue weighted by Gasteiger charge is -2.35. The second kappa shape index (κ2) is 7.23. The van der Waals surface area contributed by atoms with E-state index in [4.69, 9.17) is 9.47 Å². The summed E-state index contributed by atoms with van der Waals surface area (Å²) in [6, 6.07) is 8.74. The van der Waals surface area contributed by atoms with E-state index < -0.39 is 0 Å². The quantitative estimate of drug-likeness (QED) is 0.811. The van der Waals surface area contributed by atoms with Gasteiger partial charge in [0.1, 0.15) is 12.4 Å². The average molecular weight is 295 g/mol. The van der Waals surface area contributed by atoms with Crippen molar-refractivity contribution in [1.82, 2.24) is 0 Å². The fourth-order valence-electron chi connectivity index (χ4n) is 2.51. The van der Waals surface area contributed by atoms with Gasteiger partial charge in [-0.15, -0.1) is 0 Å². The summed E-state index contributed by atoms with van der Waals surface area (Å²) in [5.74, 6) is 3.33. The summed E-state index contributed by atoms with van der Waals surface area (Å²) >= 11 is 2.04. The number of anilines is 1. The van der Waals surface area contributed by atoms with E-state index in [2.05, 4.69) is 31.3 Å². The Labute approximate surface area is 126 Å². The zero-order chi connectivity index (χ0) is 14.4. The smallest absolute Gasteiger partial charge is 0.121 e. The Bertz CT molecular complexity index is 423. The summed E-state index contributed by atoms with van der Waals surface area (Å²) in [6.07, 6.45) is 1.22. The summed E-state index contributed by atoms with van der Waals surface area (Å²) < 4.78 is 10.6. The molecule has 4 heteroatoms. The monoisotopic (exact) mass is 295 g/mol. The first-order valence-corrected chi connectivity index (χ1v) is 8.31. The van der Waals surface area contributed by atoms with Crippen LogP contribution in [-0.4, -0.2) is 37.9 Å². The predicted molar refractivity (Wildman–Crippen MR) is 86.9 cm³/mol. The number of ether oxygens (including phenoxy) is 2. The highest BCUT2D eigenvalue weighted by Gasteiger charge is 2.28. The third-order valence-electron chi connectivity index (χ3n) is 3.37. The van der Waals surface area contributed by atoms with Crippen molar-refractivity contribution in [2.45, 2.75) is 26.3 Å². The number of nitrogens with one attached hydrogen (secondary N) is 1. The summed E-state index contributed by atoms with van der Waals surface area (Å²) in [7, 11) is 1.68. The van der Waals surface area contributed by atoms with E-state index in [9.17, 15) is 0 Å². The van der Waals surface area contributed by atoms with E-state index in [1.54, 1.807) is 7.11 Å². The summed E-state index contributed by atoms with van der Waals surface area (Å²) in [5, 5.41) is 3.64. The average Bonchev–Trinajstić information content (AvgIpc) is 2.38. The van der Waals surface area contributed by atoms with Crippen LogP contribution in [0, 0.1) is 5.41 Å². The first kappa shape index (κ1) is 15.5. The van der Waals surface area contributed by atoms with Gasteiger partial charge in [0.25, 0.3) is 0 Å². The van der Waals surface area contributed by atoms with Crippen LogP contribution in [0.2, 0.25) is 0 Å². The van der Waals surface area contributed by atoms with Gasteiger partial charge < -0.3 is 14.8 Å². The van der Waals surface area contributed by atoms with Crippen LogP contribution in [0.4, 0.5) is 5.69 Å². The Hall–Kier alpha value is -0.870. The van der Waals surface area contributed by atoms with Crippen LogP contribution in [0.25, 0.3) is 0 Å². The van der Waals surface area contributed by atoms with E-state index >= 15 is 0 Å². The molecule has 1 heterocycles. The van der Waals surface area contributed by atoms with Crippen molar-refractivity contribution in [2.75, 3.05) is 37.1 Å². The molecule has 1 aromatic carbocycles. The Morgan fingerprint density at radius 3 is 2.95 bits per heavy atom. The zero-order valence-electron chi connectivity index (χ0n) is 12.6. The number of hydrogen-bond acceptors (Lipinski definition) is 4. The van der Waals surface area contributed by atoms with Crippen molar-refractivity contribution in [3.63, 3.8) is 0 Å². The fraction of sp³-hybridized carbons (Fsp3) is 0.625. The Morgan fingerprint density at radius 2 is 2.20 bits per heavy atom. The van der Waals surface area contributed by atoms with Crippen molar-refractivity contribution in [2.24, 2.45) is 5.41 Å². The number of rotatable bonds is 6. The minimum atomic E-state index is 0.424. The molecule has 1 N–H and O–H groups in total. The molecule has 1 saturated heterocycles. The van der Waals surface area contributed by atoms with Crippen molar-refractivity contribution in [3.05, 3.63) is 24.3 Å². The molecule has 1 aromatic rings. The zero-order valence-corrected chi connectivity index (χ0v) is 13.5. The van der Waals surface area contributed by atoms with Crippen LogP contribution in [-0.2, 0) is 4.74 Å². The van der Waals surface area contributed by atoms with Crippen molar-refractivity contribution in [1.29, 1.82) is 0 Å². The van der Waals surface area contributed by atoms with Crippen molar-refractivity contribution >= 4 is 17.4 Å². The number of benzene rings is 1. The van der Waals surface area contributed by atoms with Gasteiger partial charge in [-0.25, -0.2) is 0 Å². The van der Waals surface area contributed by atoms with Gasteiger partial charge in [0, 0.05) is 30.7 Å². The third-order valence-corrected chi connectivity index (χ3v) is 5.00. The molecule has 3 nitrogen and oxygen atoms in total. The van der Waals surface area contributed by atoms with Gasteiger partial charge in [0.05, 0.1) is 6.61 Å². The van der Waals surface area contributed by atoms with E-state index in [-0.39, 0.29) is 0 Å². The molecule has 1 fully saturated rings. The minimum absolute atomic E-state index is 0.424. The highest BCUT2D eigenvalue weighted by atomic mass is 32.2. The van der Waals surface area contributed by atoms with Crippen LogP contribution in [0.3, 0.4) is 0 Å². The summed E-state index contributed by atoms with van der Waals surface area (Å²) in [4.78, 5) is 0. The molecule has 0 aliphatic carbocycles. The predicted octanol–water partition coefficient (Wildman–Crippen LogP) is 3.66. The standard InChI is InChI=1S/C16H25NO2S/c1-16(2)10-14(11-20-12-16)17-13-5-4-6-15(9-13)19-8-7-18-3/h4-6,9,14,17H,7-8,10-12H2,1-3H3. The van der Waals surface area contributed by atoms with Gasteiger partial charge >= 0.3 is 0 Å². The molecule has 1 unspecified atom stereocenters. The van der Waals surface area contributed by atoms with Gasteiger partial charge in [0.2, 0.25) is 0 Å². The SMILES string of the molecule is COCCOc1cccc(NC2CSCC(C)(C)C2)c1. The lowest BCUT2D eigenvalue weighted by atomic mass is 9.88. The van der Waals surface area contributed by atoms with Crippen LogP contribution >= 0.6 is 11.8 Å². The molecule has 2 rings (SSSR count). The molecule has 0 spiro atoms. The van der Waals surface area contributed by atoms with Gasteiger partial charge in [-0.05, 0) is 29.7 Å². The third kappa shape index (κ3) is 4.91. The molecule has 0 saturated carbocycles. The summed E-state index contributed by atoms with van der Waals surface area (Å²) in [5.41, 5.74) is 1.57. The van der Waals surface area contributed by atoms with Crippen LogP contribution in [0.15, 0.2) is 24.3 Å². The molecule has 0 amide bonds. The van der Waals surface area contributed by atoms with E-state index in [0.29, 0.717) is 24.7 Å². The maximum absolute atomic E-state index is 5.65. The Morgan fingerprint density at radius 1 is 1.35 bits per heavy atom. The van der Waals surface area contributed by atoms with Gasteiger partial charge in [-0.1, -0.05) is 19.9 Å². The topological polar surface area (TPSA) is 30.5 Å². The molecule has 0 radical (unpaired) electrons. The fourth-order valence-corrected chi connectivity index (χ4v) is 3.78. The van der Waals surface area contributed by atoms with Gasteiger partial charge in [-0.3, -0.25) is 0 Å². The van der Waals surface area contributed by atoms with Crippen LogP contribution in [0.1, 0.15) is 20.3 Å². The number of hydrogen-bond donors (Lipinski definition) is 1.